The van der Waals surface area contributed by atoms with Crippen LogP contribution in [0.15, 0.2) is 46.3 Å². The third kappa shape index (κ3) is 4.19. The van der Waals surface area contributed by atoms with E-state index in [2.05, 4.69) is 27.3 Å². The summed E-state index contributed by atoms with van der Waals surface area (Å²) in [7, 11) is 0. The van der Waals surface area contributed by atoms with Gasteiger partial charge in [0.05, 0.1) is 12.6 Å². The van der Waals surface area contributed by atoms with Crippen molar-refractivity contribution in [1.82, 2.24) is 5.32 Å². The van der Waals surface area contributed by atoms with Crippen molar-refractivity contribution in [3.05, 3.63) is 56.7 Å². The fourth-order valence-electron chi connectivity index (χ4n) is 1.79. The molecule has 0 fully saturated rings. The number of hydrogen-bond acceptors (Lipinski definition) is 3. The van der Waals surface area contributed by atoms with E-state index in [-0.39, 0.29) is 5.91 Å². The van der Waals surface area contributed by atoms with Gasteiger partial charge in [-0.15, -0.1) is 11.3 Å². The Kier molecular flexibility index (Phi) is 5.33. The molecule has 0 radical (unpaired) electrons. The minimum atomic E-state index is -0.652. The Hall–Kier alpha value is -1.64. The average molecular weight is 349 g/mol. The molecule has 0 aliphatic carbocycles. The predicted octanol–water partition coefficient (Wildman–Crippen LogP) is 3.51. The van der Waals surface area contributed by atoms with E-state index in [9.17, 15) is 4.79 Å². The molecular weight excluding hydrogens is 336 g/mol. The molecule has 0 saturated heterocycles. The van der Waals surface area contributed by atoms with Crippen molar-refractivity contribution in [1.29, 1.82) is 5.26 Å². The Morgan fingerprint density at radius 3 is 2.75 bits per heavy atom. The molecule has 5 heteroatoms. The molecule has 1 unspecified atom stereocenters. The zero-order valence-electron chi connectivity index (χ0n) is 10.7. The minimum Gasteiger partial charge on any atom is -0.350 e. The molecule has 1 heterocycles. The molecule has 1 amide bonds. The molecule has 20 heavy (non-hydrogen) atoms. The molecule has 2 aromatic rings. The van der Waals surface area contributed by atoms with Gasteiger partial charge in [0, 0.05) is 14.7 Å². The van der Waals surface area contributed by atoms with Crippen LogP contribution in [0.4, 0.5) is 0 Å². The van der Waals surface area contributed by atoms with Crippen LogP contribution in [-0.4, -0.2) is 5.91 Å². The monoisotopic (exact) mass is 348 g/mol. The number of nitrogens with zero attached hydrogens (tertiary/aromatic N) is 1. The van der Waals surface area contributed by atoms with E-state index < -0.39 is 5.92 Å². The van der Waals surface area contributed by atoms with Crippen LogP contribution in [0.5, 0.6) is 0 Å². The highest BCUT2D eigenvalue weighted by atomic mass is 79.9. The highest BCUT2D eigenvalue weighted by molar-refractivity contribution is 9.10. The van der Waals surface area contributed by atoms with Gasteiger partial charge in [-0.05, 0) is 34.0 Å². The summed E-state index contributed by atoms with van der Waals surface area (Å²) in [6, 6.07) is 13.6. The molecule has 3 nitrogen and oxygen atoms in total. The van der Waals surface area contributed by atoms with Crippen LogP contribution in [0.3, 0.4) is 0 Å². The van der Waals surface area contributed by atoms with Gasteiger partial charge in [0.15, 0.2) is 0 Å². The van der Waals surface area contributed by atoms with Gasteiger partial charge in [-0.3, -0.25) is 4.79 Å². The summed E-state index contributed by atoms with van der Waals surface area (Å²) >= 11 is 4.94. The molecule has 0 aliphatic heterocycles. The van der Waals surface area contributed by atoms with Gasteiger partial charge in [0.25, 0.3) is 0 Å². The van der Waals surface area contributed by atoms with Crippen LogP contribution in [0.2, 0.25) is 0 Å². The van der Waals surface area contributed by atoms with E-state index in [0.29, 0.717) is 13.0 Å². The Morgan fingerprint density at radius 1 is 1.40 bits per heavy atom. The fourth-order valence-corrected chi connectivity index (χ4v) is 3.18. The summed E-state index contributed by atoms with van der Waals surface area (Å²) in [5.74, 6) is -0.873. The van der Waals surface area contributed by atoms with Crippen molar-refractivity contribution in [3.8, 4) is 6.07 Å². The molecule has 1 atom stereocenters. The predicted molar refractivity (Wildman–Crippen MR) is 83.1 cm³/mol. The lowest BCUT2D eigenvalue weighted by Gasteiger charge is -2.09. The van der Waals surface area contributed by atoms with Gasteiger partial charge >= 0.3 is 0 Å². The number of nitrogens with one attached hydrogen (secondary N) is 1. The first-order chi connectivity index (χ1) is 9.69. The summed E-state index contributed by atoms with van der Waals surface area (Å²) in [6.07, 6.45) is 0.442. The molecule has 0 aliphatic rings. The van der Waals surface area contributed by atoms with E-state index in [1.807, 2.05) is 41.8 Å². The molecule has 102 valence electrons. The van der Waals surface area contributed by atoms with Crippen LogP contribution < -0.4 is 5.32 Å². The second kappa shape index (κ2) is 7.22. The Labute approximate surface area is 130 Å². The van der Waals surface area contributed by atoms with Gasteiger partial charge in [-0.25, -0.2) is 0 Å². The summed E-state index contributed by atoms with van der Waals surface area (Å²) in [6.45, 7) is 0.460. The normalized spacial score (nSPS) is 11.6. The second-order valence-electron chi connectivity index (χ2n) is 4.32. The van der Waals surface area contributed by atoms with E-state index in [1.165, 1.54) is 0 Å². The quantitative estimate of drug-likeness (QED) is 0.898. The number of carbonyl (C=O) groups is 1. The third-order valence-corrected chi connectivity index (χ3v) is 4.51. The van der Waals surface area contributed by atoms with Crippen molar-refractivity contribution in [2.75, 3.05) is 0 Å². The van der Waals surface area contributed by atoms with E-state index >= 15 is 0 Å². The number of carbonyl (C=O) groups excluding carboxylic acids is 1. The maximum absolute atomic E-state index is 12.0. The molecule has 1 N–H and O–H groups in total. The number of thiophene rings is 1. The Morgan fingerprint density at radius 2 is 2.15 bits per heavy atom. The standard InChI is InChI=1S/C15H13BrN2OS/c16-13-7-14(20-10-13)9-18-15(19)12(8-17)6-11-4-2-1-3-5-11/h1-5,7,10,12H,6,9H2,(H,18,19). The largest absolute Gasteiger partial charge is 0.350 e. The number of hydrogen-bond donors (Lipinski definition) is 1. The highest BCUT2D eigenvalue weighted by Crippen LogP contribution is 2.19. The van der Waals surface area contributed by atoms with Crippen LogP contribution >= 0.6 is 27.3 Å². The summed E-state index contributed by atoms with van der Waals surface area (Å²) in [4.78, 5) is 13.1. The maximum Gasteiger partial charge on any atom is 0.237 e. The van der Waals surface area contributed by atoms with E-state index in [0.717, 1.165) is 14.9 Å². The number of halogens is 1. The topological polar surface area (TPSA) is 52.9 Å². The van der Waals surface area contributed by atoms with Crippen molar-refractivity contribution in [2.45, 2.75) is 13.0 Å². The van der Waals surface area contributed by atoms with Crippen molar-refractivity contribution in [2.24, 2.45) is 5.92 Å². The van der Waals surface area contributed by atoms with Gasteiger partial charge in [-0.2, -0.15) is 5.26 Å². The van der Waals surface area contributed by atoms with E-state index in [1.54, 1.807) is 11.3 Å². The molecule has 0 saturated carbocycles. The highest BCUT2D eigenvalue weighted by Gasteiger charge is 2.18. The summed E-state index contributed by atoms with van der Waals surface area (Å²) in [5.41, 5.74) is 0.994. The Bertz CT molecular complexity index is 618. The molecule has 1 aromatic heterocycles. The summed E-state index contributed by atoms with van der Waals surface area (Å²) in [5, 5.41) is 13.9. The van der Waals surface area contributed by atoms with Crippen LogP contribution in [0.1, 0.15) is 10.4 Å². The zero-order chi connectivity index (χ0) is 14.4. The van der Waals surface area contributed by atoms with Crippen LogP contribution in [-0.2, 0) is 17.8 Å². The number of amides is 1. The third-order valence-electron chi connectivity index (χ3n) is 2.81. The van der Waals surface area contributed by atoms with Crippen LogP contribution in [0.25, 0.3) is 0 Å². The van der Waals surface area contributed by atoms with Gasteiger partial charge < -0.3 is 5.32 Å². The minimum absolute atomic E-state index is 0.221. The second-order valence-corrected chi connectivity index (χ2v) is 6.23. The van der Waals surface area contributed by atoms with Crippen LogP contribution in [0, 0.1) is 17.2 Å². The van der Waals surface area contributed by atoms with Gasteiger partial charge in [0.2, 0.25) is 5.91 Å². The molecule has 2 rings (SSSR count). The van der Waals surface area contributed by atoms with Crippen molar-refractivity contribution in [3.63, 3.8) is 0 Å². The van der Waals surface area contributed by atoms with Gasteiger partial charge in [-0.1, -0.05) is 30.3 Å². The fraction of sp³-hybridized carbons (Fsp3) is 0.200. The smallest absolute Gasteiger partial charge is 0.237 e. The van der Waals surface area contributed by atoms with Gasteiger partial charge in [0.1, 0.15) is 5.92 Å². The Balaban J connectivity index is 1.91. The number of benzene rings is 1. The first-order valence-corrected chi connectivity index (χ1v) is 7.80. The molecule has 0 bridgehead atoms. The molecule has 0 spiro atoms. The van der Waals surface area contributed by atoms with Crippen molar-refractivity contribution < 1.29 is 4.79 Å². The summed E-state index contributed by atoms with van der Waals surface area (Å²) < 4.78 is 1.01. The zero-order valence-corrected chi connectivity index (χ0v) is 13.1. The lowest BCUT2D eigenvalue weighted by atomic mass is 10.00. The maximum atomic E-state index is 12.0. The van der Waals surface area contributed by atoms with Crippen molar-refractivity contribution >= 4 is 33.2 Å². The first kappa shape index (κ1) is 14.8. The number of nitriles is 1. The lowest BCUT2D eigenvalue weighted by Crippen LogP contribution is -2.30. The molecular formula is C15H13BrN2OS. The SMILES string of the molecule is N#CC(Cc1ccccc1)C(=O)NCc1cc(Br)cs1. The lowest BCUT2D eigenvalue weighted by molar-refractivity contribution is -0.123. The van der Waals surface area contributed by atoms with E-state index in [4.69, 9.17) is 5.26 Å². The first-order valence-electron chi connectivity index (χ1n) is 6.13. The molecule has 1 aromatic carbocycles. The average Bonchev–Trinajstić information content (AvgIpc) is 2.89. The number of rotatable bonds is 5.